The molecule has 42 heavy (non-hydrogen) atoms. The van der Waals surface area contributed by atoms with Crippen LogP contribution in [-0.4, -0.2) is 76.6 Å². The van der Waals surface area contributed by atoms with Crippen molar-refractivity contribution in [3.63, 3.8) is 0 Å². The first-order valence-electron chi connectivity index (χ1n) is 13.9. The number of nitrogens with one attached hydrogen (secondary N) is 1. The van der Waals surface area contributed by atoms with Crippen molar-refractivity contribution < 1.29 is 17.9 Å². The second kappa shape index (κ2) is 14.2. The van der Waals surface area contributed by atoms with Gasteiger partial charge in [0.2, 0.25) is 0 Å². The van der Waals surface area contributed by atoms with Crippen LogP contribution in [0.2, 0.25) is 0 Å². The van der Waals surface area contributed by atoms with Crippen molar-refractivity contribution in [3.8, 4) is 5.75 Å². The molecule has 9 nitrogen and oxygen atoms in total. The average molecular weight is 630 g/mol. The number of sulfonamides is 1. The smallest absolute Gasteiger partial charge is 0.264 e. The first-order chi connectivity index (χ1) is 19.9. The summed E-state index contributed by atoms with van der Waals surface area (Å²) < 4.78 is 34.5. The van der Waals surface area contributed by atoms with Gasteiger partial charge in [-0.1, -0.05) is 29.5 Å². The summed E-state index contributed by atoms with van der Waals surface area (Å²) in [5, 5.41) is 3.99. The minimum Gasteiger partial charge on any atom is -0.494 e. The van der Waals surface area contributed by atoms with Gasteiger partial charge < -0.3 is 15.0 Å². The highest BCUT2D eigenvalue weighted by Crippen LogP contribution is 2.32. The van der Waals surface area contributed by atoms with Gasteiger partial charge in [0.1, 0.15) is 5.75 Å². The third-order valence-corrected chi connectivity index (χ3v) is 10.0. The lowest BCUT2D eigenvalue weighted by molar-refractivity contribution is 0.0947. The van der Waals surface area contributed by atoms with Gasteiger partial charge in [-0.15, -0.1) is 12.4 Å². The minimum atomic E-state index is -3.73. The van der Waals surface area contributed by atoms with E-state index in [4.69, 9.17) is 9.72 Å². The second-order valence-electron chi connectivity index (χ2n) is 9.67. The number of hydrogen-bond donors (Lipinski definition) is 1. The maximum absolute atomic E-state index is 13.2. The highest BCUT2D eigenvalue weighted by Gasteiger charge is 2.24. The maximum Gasteiger partial charge on any atom is 0.264 e. The number of carbonyl (C=O) groups excluding carboxylic acids is 1. The number of aromatic nitrogens is 1. The molecule has 0 atom stereocenters. The van der Waals surface area contributed by atoms with Crippen LogP contribution in [0.1, 0.15) is 24.2 Å². The third-order valence-electron chi connectivity index (χ3n) is 7.05. The van der Waals surface area contributed by atoms with E-state index in [1.165, 1.54) is 16.4 Å². The van der Waals surface area contributed by atoms with E-state index in [9.17, 15) is 13.2 Å². The number of para-hydroxylation sites is 1. The Labute approximate surface area is 257 Å². The summed E-state index contributed by atoms with van der Waals surface area (Å²) in [6.45, 7) is 9.50. The van der Waals surface area contributed by atoms with Gasteiger partial charge in [-0.25, -0.2) is 13.4 Å². The maximum atomic E-state index is 13.2. The summed E-state index contributed by atoms with van der Waals surface area (Å²) in [5.41, 5.74) is 2.02. The Morgan fingerprint density at radius 3 is 2.38 bits per heavy atom. The number of rotatable bonds is 11. The lowest BCUT2D eigenvalue weighted by Crippen LogP contribution is -2.48. The SMILES string of the molecule is CCOc1ccc2nc(N3CCN(CCNC(=O)c4ccc(S(=O)(=O)N(CC)c5ccccc5)cc4)CC3)sc2c1.Cl. The molecule has 5 rings (SSSR count). The minimum absolute atomic E-state index is 0. The van der Waals surface area contributed by atoms with Gasteiger partial charge in [0.15, 0.2) is 5.13 Å². The van der Waals surface area contributed by atoms with Crippen LogP contribution in [-0.2, 0) is 10.0 Å². The van der Waals surface area contributed by atoms with E-state index in [0.717, 1.165) is 53.8 Å². The zero-order valence-electron chi connectivity index (χ0n) is 23.7. The number of nitrogens with zero attached hydrogens (tertiary/aromatic N) is 4. The first kappa shape index (κ1) is 31.6. The molecule has 1 N–H and O–H groups in total. The van der Waals surface area contributed by atoms with Crippen molar-refractivity contribution in [2.75, 3.05) is 61.6 Å². The fraction of sp³-hybridized carbons (Fsp3) is 0.333. The number of fused-ring (bicyclic) bond motifs is 1. The van der Waals surface area contributed by atoms with Crippen LogP contribution in [0.25, 0.3) is 10.2 Å². The summed E-state index contributed by atoms with van der Waals surface area (Å²) in [7, 11) is -3.73. The second-order valence-corrected chi connectivity index (χ2v) is 12.5. The van der Waals surface area contributed by atoms with Gasteiger partial charge in [0, 0.05) is 51.4 Å². The summed E-state index contributed by atoms with van der Waals surface area (Å²) in [4.78, 5) is 22.3. The Morgan fingerprint density at radius 1 is 1.00 bits per heavy atom. The molecule has 1 fully saturated rings. The monoisotopic (exact) mass is 629 g/mol. The standard InChI is InChI=1S/C30H35N5O4S2.ClH/c1-3-35(24-8-6-5-7-9-24)41(37,38)26-13-10-23(11-14-26)29(36)31-16-17-33-18-20-34(21-19-33)30-32-27-15-12-25(39-4-2)22-28(27)40-30;/h5-15,22H,3-4,16-21H2,1-2H3,(H,31,36);1H. The Bertz CT molecular complexity index is 1570. The van der Waals surface area contributed by atoms with Gasteiger partial charge in [-0.05, 0) is 68.4 Å². The highest BCUT2D eigenvalue weighted by molar-refractivity contribution is 7.92. The summed E-state index contributed by atoms with van der Waals surface area (Å²) in [5.74, 6) is 0.651. The third kappa shape index (κ3) is 7.15. The summed E-state index contributed by atoms with van der Waals surface area (Å²) in [6, 6.07) is 21.1. The van der Waals surface area contributed by atoms with Crippen LogP contribution < -0.4 is 19.3 Å². The van der Waals surface area contributed by atoms with Crippen molar-refractivity contribution in [3.05, 3.63) is 78.4 Å². The predicted molar refractivity (Wildman–Crippen MR) is 172 cm³/mol. The number of benzene rings is 3. The summed E-state index contributed by atoms with van der Waals surface area (Å²) >= 11 is 1.69. The molecular formula is C30H36ClN5O4S2. The topological polar surface area (TPSA) is 95.1 Å². The zero-order valence-corrected chi connectivity index (χ0v) is 26.2. The van der Waals surface area contributed by atoms with Crippen molar-refractivity contribution in [1.29, 1.82) is 0 Å². The molecule has 0 bridgehead atoms. The molecule has 0 unspecified atom stereocenters. The number of ether oxygens (including phenoxy) is 1. The predicted octanol–water partition coefficient (Wildman–Crippen LogP) is 4.88. The molecule has 4 aromatic rings. The van der Waals surface area contributed by atoms with Gasteiger partial charge in [0.05, 0.1) is 27.4 Å². The Balaban J connectivity index is 0.00000405. The number of amides is 1. The van der Waals surface area contributed by atoms with Gasteiger partial charge in [0.25, 0.3) is 15.9 Å². The molecule has 1 aliphatic heterocycles. The van der Waals surface area contributed by atoms with Crippen LogP contribution >= 0.6 is 23.7 Å². The molecule has 1 aliphatic rings. The Morgan fingerprint density at radius 2 is 1.71 bits per heavy atom. The van der Waals surface area contributed by atoms with Crippen molar-refractivity contribution in [2.24, 2.45) is 0 Å². The van der Waals surface area contributed by atoms with Crippen LogP contribution in [0.15, 0.2) is 77.7 Å². The Kier molecular flexibility index (Phi) is 10.7. The molecule has 2 heterocycles. The van der Waals surface area contributed by atoms with E-state index in [0.29, 0.717) is 30.9 Å². The van der Waals surface area contributed by atoms with E-state index in [1.54, 1.807) is 42.5 Å². The molecule has 3 aromatic carbocycles. The molecule has 1 aromatic heterocycles. The van der Waals surface area contributed by atoms with E-state index in [-0.39, 0.29) is 23.2 Å². The van der Waals surface area contributed by atoms with E-state index in [1.807, 2.05) is 37.3 Å². The van der Waals surface area contributed by atoms with Crippen molar-refractivity contribution in [2.45, 2.75) is 18.7 Å². The largest absolute Gasteiger partial charge is 0.494 e. The fourth-order valence-electron chi connectivity index (χ4n) is 4.87. The van der Waals surface area contributed by atoms with Crippen LogP contribution in [0, 0.1) is 0 Å². The molecule has 0 aliphatic carbocycles. The van der Waals surface area contributed by atoms with Crippen molar-refractivity contribution in [1.82, 2.24) is 15.2 Å². The zero-order chi connectivity index (χ0) is 28.8. The molecule has 1 amide bonds. The average Bonchev–Trinajstić information content (AvgIpc) is 3.42. The highest BCUT2D eigenvalue weighted by atomic mass is 35.5. The number of halogens is 1. The lowest BCUT2D eigenvalue weighted by Gasteiger charge is -2.34. The molecular weight excluding hydrogens is 594 g/mol. The molecule has 0 saturated carbocycles. The molecule has 1 saturated heterocycles. The van der Waals surface area contributed by atoms with Crippen molar-refractivity contribution >= 4 is 60.7 Å². The van der Waals surface area contributed by atoms with Gasteiger partial charge in [-0.2, -0.15) is 0 Å². The first-order valence-corrected chi connectivity index (χ1v) is 16.1. The summed E-state index contributed by atoms with van der Waals surface area (Å²) in [6.07, 6.45) is 0. The molecule has 0 spiro atoms. The van der Waals surface area contributed by atoms with Crippen LogP contribution in [0.4, 0.5) is 10.8 Å². The number of piperazine rings is 1. The number of carbonyl (C=O) groups is 1. The Hall–Kier alpha value is -3.38. The molecule has 12 heteroatoms. The van der Waals surface area contributed by atoms with Crippen LogP contribution in [0.3, 0.4) is 0 Å². The van der Waals surface area contributed by atoms with E-state index in [2.05, 4.69) is 21.2 Å². The number of anilines is 2. The van der Waals surface area contributed by atoms with Gasteiger partial charge in [-0.3, -0.25) is 14.0 Å². The number of hydrogen-bond acceptors (Lipinski definition) is 8. The lowest BCUT2D eigenvalue weighted by atomic mass is 10.2. The van der Waals surface area contributed by atoms with Crippen LogP contribution in [0.5, 0.6) is 5.75 Å². The quantitative estimate of drug-likeness (QED) is 0.253. The fourth-order valence-corrected chi connectivity index (χ4v) is 7.39. The molecule has 0 radical (unpaired) electrons. The van der Waals surface area contributed by atoms with E-state index >= 15 is 0 Å². The van der Waals surface area contributed by atoms with Gasteiger partial charge >= 0.3 is 0 Å². The normalized spacial score (nSPS) is 13.9. The van der Waals surface area contributed by atoms with E-state index < -0.39 is 10.0 Å². The number of thiazole rings is 1. The molecule has 224 valence electrons.